The molecular weight excluding hydrogens is 348 g/mol. The van der Waals surface area contributed by atoms with Crippen molar-refractivity contribution in [3.05, 3.63) is 16.7 Å². The smallest absolute Gasteiger partial charge is 0.280 e. The number of thiol groups is 1. The Bertz CT molecular complexity index is 895. The number of imidazole rings is 1. The van der Waals surface area contributed by atoms with E-state index in [4.69, 9.17) is 9.47 Å². The monoisotopic (exact) mass is 366 g/mol. The molecule has 2 aliphatic rings. The molecule has 2 N–H and O–H groups in total. The predicted molar refractivity (Wildman–Crippen MR) is 92.4 cm³/mol. The molecule has 134 valence electrons. The molecule has 4 atom stereocenters. The number of aromatic amines is 1. The third kappa shape index (κ3) is 2.46. The van der Waals surface area contributed by atoms with Crippen LogP contribution < -0.4 is 5.56 Å². The molecule has 2 bridgehead atoms. The Morgan fingerprint density at radius 1 is 1.64 bits per heavy atom. The van der Waals surface area contributed by atoms with Crippen molar-refractivity contribution in [2.75, 3.05) is 26.5 Å². The fourth-order valence-corrected chi connectivity index (χ4v) is 3.44. The Labute approximate surface area is 147 Å². The topological polar surface area (TPSA) is 118 Å². The molecule has 10 nitrogen and oxygen atoms in total. The Balaban J connectivity index is 1.78. The van der Waals surface area contributed by atoms with Crippen LogP contribution in [0.2, 0.25) is 0 Å². The molecule has 11 heteroatoms. The van der Waals surface area contributed by atoms with Crippen molar-refractivity contribution in [1.29, 1.82) is 0 Å². The minimum absolute atomic E-state index is 0.154. The summed E-state index contributed by atoms with van der Waals surface area (Å²) in [5.74, 6) is 0.474. The standard InChI is InChI=1S/C14H18N6O4S/c1-19(2)5-16-13-17-10-7(11(22)18-13)15-6-20(10)12-8-9(21)14(4-25,24-12)3-23-8/h5-6,8-9,12,21,25H,3-4H2,1-2H3,(H,17,18,22). The molecule has 2 saturated heterocycles. The summed E-state index contributed by atoms with van der Waals surface area (Å²) in [5, 5.41) is 10.4. The molecule has 0 aromatic carbocycles. The lowest BCUT2D eigenvalue weighted by molar-refractivity contribution is -0.162. The van der Waals surface area contributed by atoms with Gasteiger partial charge < -0.3 is 19.5 Å². The average molecular weight is 366 g/mol. The van der Waals surface area contributed by atoms with Crippen molar-refractivity contribution in [2.45, 2.75) is 24.0 Å². The highest BCUT2D eigenvalue weighted by Crippen LogP contribution is 2.45. The van der Waals surface area contributed by atoms with Gasteiger partial charge in [0.25, 0.3) is 5.56 Å². The molecule has 4 unspecified atom stereocenters. The number of aromatic nitrogens is 4. The van der Waals surface area contributed by atoms with Gasteiger partial charge in [0.15, 0.2) is 17.4 Å². The number of nitrogens with one attached hydrogen (secondary N) is 1. The molecule has 0 amide bonds. The fraction of sp³-hybridized carbons (Fsp3) is 0.571. The second kappa shape index (κ2) is 5.80. The van der Waals surface area contributed by atoms with E-state index in [0.717, 1.165) is 0 Å². The molecule has 2 aliphatic heterocycles. The molecular formula is C14H18N6O4S. The van der Waals surface area contributed by atoms with Crippen molar-refractivity contribution < 1.29 is 14.6 Å². The van der Waals surface area contributed by atoms with E-state index in [2.05, 4.69) is 32.6 Å². The van der Waals surface area contributed by atoms with Gasteiger partial charge in [-0.2, -0.15) is 17.6 Å². The third-order valence-electron chi connectivity index (χ3n) is 4.38. The molecule has 4 rings (SSSR count). The van der Waals surface area contributed by atoms with Gasteiger partial charge in [-0.1, -0.05) is 0 Å². The van der Waals surface area contributed by atoms with Gasteiger partial charge in [-0.05, 0) is 0 Å². The molecule has 2 aromatic rings. The second-order valence-electron chi connectivity index (χ2n) is 6.37. The van der Waals surface area contributed by atoms with E-state index in [1.54, 1.807) is 9.47 Å². The maximum absolute atomic E-state index is 12.2. The first kappa shape index (κ1) is 16.5. The van der Waals surface area contributed by atoms with Gasteiger partial charge in [0.2, 0.25) is 5.95 Å². The SMILES string of the molecule is CN(C)C=Nc1nc2c(ncn2C2OC3(CS)COC2C3O)c(=O)[nH]1. The lowest BCUT2D eigenvalue weighted by atomic mass is 10.0. The zero-order valence-corrected chi connectivity index (χ0v) is 14.6. The van der Waals surface area contributed by atoms with Crippen molar-refractivity contribution in [1.82, 2.24) is 24.4 Å². The molecule has 25 heavy (non-hydrogen) atoms. The molecule has 2 fully saturated rings. The normalized spacial score (nSPS) is 31.4. The first-order valence-electron chi connectivity index (χ1n) is 7.71. The van der Waals surface area contributed by atoms with Crippen LogP contribution in [0, 0.1) is 0 Å². The average Bonchev–Trinajstić information content (AvgIpc) is 3.23. The maximum atomic E-state index is 12.2. The number of ether oxygens (including phenoxy) is 2. The number of rotatable bonds is 4. The summed E-state index contributed by atoms with van der Waals surface area (Å²) >= 11 is 4.27. The second-order valence-corrected chi connectivity index (χ2v) is 6.69. The highest BCUT2D eigenvalue weighted by Gasteiger charge is 2.61. The van der Waals surface area contributed by atoms with Gasteiger partial charge in [0, 0.05) is 19.8 Å². The van der Waals surface area contributed by atoms with Gasteiger partial charge in [-0.15, -0.1) is 0 Å². The highest BCUT2D eigenvalue weighted by molar-refractivity contribution is 7.80. The summed E-state index contributed by atoms with van der Waals surface area (Å²) in [6, 6.07) is 0. The minimum atomic E-state index is -0.859. The quantitative estimate of drug-likeness (QED) is 0.372. The van der Waals surface area contributed by atoms with Crippen molar-refractivity contribution >= 4 is 36.1 Å². The maximum Gasteiger partial charge on any atom is 0.280 e. The van der Waals surface area contributed by atoms with E-state index in [1.807, 2.05) is 14.1 Å². The fourth-order valence-electron chi connectivity index (χ4n) is 3.09. The zero-order chi connectivity index (χ0) is 17.8. The summed E-state index contributed by atoms with van der Waals surface area (Å²) in [4.78, 5) is 29.1. The van der Waals surface area contributed by atoms with E-state index >= 15 is 0 Å². The van der Waals surface area contributed by atoms with Gasteiger partial charge in [-0.3, -0.25) is 14.3 Å². The van der Waals surface area contributed by atoms with Crippen LogP contribution in [0.25, 0.3) is 11.2 Å². The minimum Gasteiger partial charge on any atom is -0.387 e. The van der Waals surface area contributed by atoms with E-state index in [9.17, 15) is 9.90 Å². The number of hydrogen-bond donors (Lipinski definition) is 3. The van der Waals surface area contributed by atoms with Crippen LogP contribution in [-0.2, 0) is 9.47 Å². The van der Waals surface area contributed by atoms with Crippen molar-refractivity contribution in [3.63, 3.8) is 0 Å². The molecule has 2 aromatic heterocycles. The first-order chi connectivity index (χ1) is 11.9. The number of aliphatic hydroxyl groups excluding tert-OH is 1. The Morgan fingerprint density at radius 2 is 2.44 bits per heavy atom. The first-order valence-corrected chi connectivity index (χ1v) is 8.34. The molecule has 0 saturated carbocycles. The zero-order valence-electron chi connectivity index (χ0n) is 13.7. The predicted octanol–water partition coefficient (Wildman–Crippen LogP) is -0.702. The Hall–Kier alpha value is -1.95. The number of H-pyrrole nitrogens is 1. The lowest BCUT2D eigenvalue weighted by Crippen LogP contribution is -2.42. The molecule has 4 heterocycles. The third-order valence-corrected chi connectivity index (χ3v) is 4.91. The summed E-state index contributed by atoms with van der Waals surface area (Å²) in [7, 11) is 3.62. The number of nitrogens with zero attached hydrogens (tertiary/aromatic N) is 5. The van der Waals surface area contributed by atoms with E-state index in [-0.39, 0.29) is 18.1 Å². The van der Waals surface area contributed by atoms with Crippen LogP contribution >= 0.6 is 12.6 Å². The van der Waals surface area contributed by atoms with Gasteiger partial charge >= 0.3 is 0 Å². The van der Waals surface area contributed by atoms with Crippen LogP contribution in [0.1, 0.15) is 6.23 Å². The van der Waals surface area contributed by atoms with Crippen LogP contribution in [0.3, 0.4) is 0 Å². The Morgan fingerprint density at radius 3 is 3.12 bits per heavy atom. The summed E-state index contributed by atoms with van der Waals surface area (Å²) in [6.07, 6.45) is 0.975. The van der Waals surface area contributed by atoms with Crippen molar-refractivity contribution in [2.24, 2.45) is 4.99 Å². The van der Waals surface area contributed by atoms with Crippen LogP contribution in [0.15, 0.2) is 16.1 Å². The van der Waals surface area contributed by atoms with Crippen LogP contribution in [0.5, 0.6) is 0 Å². The van der Waals surface area contributed by atoms with E-state index in [0.29, 0.717) is 11.4 Å². The van der Waals surface area contributed by atoms with Crippen molar-refractivity contribution in [3.8, 4) is 0 Å². The Kier molecular flexibility index (Phi) is 3.83. The van der Waals surface area contributed by atoms with E-state index < -0.39 is 29.6 Å². The van der Waals surface area contributed by atoms with Gasteiger partial charge in [-0.25, -0.2) is 9.98 Å². The summed E-state index contributed by atoms with van der Waals surface area (Å²) in [5.41, 5.74) is -0.771. The summed E-state index contributed by atoms with van der Waals surface area (Å²) in [6.45, 7) is 0.276. The molecule has 0 aliphatic carbocycles. The van der Waals surface area contributed by atoms with Gasteiger partial charge in [0.1, 0.15) is 17.8 Å². The number of hydrogen-bond acceptors (Lipinski definition) is 8. The van der Waals surface area contributed by atoms with Crippen LogP contribution in [-0.4, -0.2) is 80.1 Å². The largest absolute Gasteiger partial charge is 0.387 e. The highest BCUT2D eigenvalue weighted by atomic mass is 32.1. The van der Waals surface area contributed by atoms with Crippen LogP contribution in [0.4, 0.5) is 5.95 Å². The van der Waals surface area contributed by atoms with Gasteiger partial charge in [0.05, 0.1) is 19.3 Å². The summed E-state index contributed by atoms with van der Waals surface area (Å²) < 4.78 is 13.3. The molecule has 0 radical (unpaired) electrons. The number of aliphatic imine (C=N–C) groups is 1. The molecule has 0 spiro atoms. The lowest BCUT2D eigenvalue weighted by Gasteiger charge is -2.29. The number of fused-ring (bicyclic) bond motifs is 3. The number of aliphatic hydroxyl groups is 1. The van der Waals surface area contributed by atoms with E-state index in [1.165, 1.54) is 12.7 Å².